The molecule has 0 amide bonds. The van der Waals surface area contributed by atoms with Crippen molar-refractivity contribution in [1.29, 1.82) is 10.5 Å². The van der Waals surface area contributed by atoms with Crippen molar-refractivity contribution >= 4 is 13.9 Å². The van der Waals surface area contributed by atoms with Crippen LogP contribution in [-0.4, -0.2) is 27.1 Å². The molecule has 156 valence electrons. The highest BCUT2D eigenvalue weighted by atomic mass is 28.3. The molecule has 1 unspecified atom stereocenters. The number of benzene rings is 2. The molecule has 0 aliphatic carbocycles. The number of nitriles is 2. The second-order valence-electron chi connectivity index (χ2n) is 8.42. The van der Waals surface area contributed by atoms with E-state index >= 15 is 0 Å². The highest BCUT2D eigenvalue weighted by Crippen LogP contribution is 2.37. The summed E-state index contributed by atoms with van der Waals surface area (Å²) < 4.78 is 10.7. The number of nitrogens with zero attached hydrogens (tertiary/aromatic N) is 2. The number of rotatable bonds is 0. The Morgan fingerprint density at radius 2 is 1.50 bits per heavy atom. The van der Waals surface area contributed by atoms with Gasteiger partial charge in [0.25, 0.3) is 0 Å². The molecule has 0 aromatic heterocycles. The van der Waals surface area contributed by atoms with E-state index in [9.17, 15) is 4.79 Å². The molecule has 0 spiro atoms. The summed E-state index contributed by atoms with van der Waals surface area (Å²) in [6, 6.07) is 17.5. The van der Waals surface area contributed by atoms with Gasteiger partial charge in [0, 0.05) is 24.1 Å². The molecule has 2 aliphatic rings. The summed E-state index contributed by atoms with van der Waals surface area (Å²) in [5.74, 6) is 1.77. The summed E-state index contributed by atoms with van der Waals surface area (Å²) in [6.45, 7) is 9.19. The van der Waals surface area contributed by atoms with E-state index in [1.807, 2.05) is 69.0 Å². The summed E-state index contributed by atoms with van der Waals surface area (Å²) in [5.41, 5.74) is 3.62. The maximum absolute atomic E-state index is 11.2. The number of carbonyl (C=O) groups is 1. The molecule has 1 atom stereocenters. The van der Waals surface area contributed by atoms with Crippen molar-refractivity contribution in [3.8, 4) is 23.3 Å². The Kier molecular flexibility index (Phi) is 7.80. The number of hydrogen-bond acceptors (Lipinski definition) is 5. The Hall–Kier alpha value is -3.09. The van der Waals surface area contributed by atoms with E-state index in [4.69, 9.17) is 20.0 Å². The van der Waals surface area contributed by atoms with Crippen molar-refractivity contribution in [3.05, 3.63) is 59.7 Å². The van der Waals surface area contributed by atoms with Gasteiger partial charge in [0.1, 0.15) is 11.5 Å². The number of fused-ring (bicyclic) bond motifs is 2. The minimum atomic E-state index is -1.33. The van der Waals surface area contributed by atoms with Gasteiger partial charge in [-0.25, -0.2) is 5.26 Å². The van der Waals surface area contributed by atoms with Crippen molar-refractivity contribution in [2.24, 2.45) is 0 Å². The van der Waals surface area contributed by atoms with E-state index in [0.717, 1.165) is 29.0 Å². The third kappa shape index (κ3) is 6.20. The van der Waals surface area contributed by atoms with Gasteiger partial charge in [0.05, 0.1) is 30.3 Å². The largest absolute Gasteiger partial charge is 0.493 e. The van der Waals surface area contributed by atoms with Gasteiger partial charge >= 0.3 is 0 Å². The maximum atomic E-state index is 11.2. The summed E-state index contributed by atoms with van der Waals surface area (Å²) in [5, 5.41) is 17.3. The third-order valence-corrected chi connectivity index (χ3v) is 5.37. The monoisotopic (exact) mass is 420 g/mol. The second kappa shape index (κ2) is 10.1. The Morgan fingerprint density at radius 3 is 2.10 bits per heavy atom. The molecule has 0 fully saturated rings. The summed E-state index contributed by atoms with van der Waals surface area (Å²) in [6.07, 6.45) is 1.29. The lowest BCUT2D eigenvalue weighted by Crippen LogP contribution is -2.28. The van der Waals surface area contributed by atoms with Gasteiger partial charge in [-0.3, -0.25) is 4.79 Å². The van der Waals surface area contributed by atoms with Crippen LogP contribution in [0.4, 0.5) is 0 Å². The zero-order valence-electron chi connectivity index (χ0n) is 18.1. The zero-order valence-corrected chi connectivity index (χ0v) is 19.1. The Balaban J connectivity index is 0.000000172. The number of ether oxygens (including phenoxy) is 2. The SMILES string of the molecule is CC1(C#N)CCOc2ccccc21.C[Si](C)(C)C#N.O=C1CCOc2ccccc21. The fourth-order valence-electron chi connectivity index (χ4n) is 2.88. The molecule has 2 aromatic carbocycles. The van der Waals surface area contributed by atoms with Crippen LogP contribution < -0.4 is 9.47 Å². The van der Waals surface area contributed by atoms with Crippen LogP contribution in [0.5, 0.6) is 11.5 Å². The van der Waals surface area contributed by atoms with E-state index < -0.39 is 8.07 Å². The lowest BCUT2D eigenvalue weighted by Gasteiger charge is -2.29. The molecule has 30 heavy (non-hydrogen) atoms. The Bertz CT molecular complexity index is 969. The molecule has 6 heteroatoms. The summed E-state index contributed by atoms with van der Waals surface area (Å²) >= 11 is 0. The van der Waals surface area contributed by atoms with Crippen LogP contribution in [0.1, 0.15) is 35.7 Å². The molecule has 0 bridgehead atoms. The zero-order chi connectivity index (χ0) is 22.2. The maximum Gasteiger partial charge on any atom is 0.169 e. The number of hydrogen-bond donors (Lipinski definition) is 0. The quantitative estimate of drug-likeness (QED) is 0.541. The standard InChI is InChI=1S/C11H11NO.C9H8O2.C4H9NSi/c1-11(8-12)6-7-13-10-5-3-2-4-9(10)11;10-8-5-6-11-9-4-2-1-3-7(8)9;1-6(2,3)4-5/h2-5H,6-7H2,1H3;1-4H,5-6H2;1-3H3. The number of para-hydroxylation sites is 2. The van der Waals surface area contributed by atoms with Crippen LogP contribution in [-0.2, 0) is 5.41 Å². The van der Waals surface area contributed by atoms with E-state index in [1.54, 1.807) is 6.07 Å². The summed E-state index contributed by atoms with van der Waals surface area (Å²) in [7, 11) is -1.33. The predicted octanol–water partition coefficient (Wildman–Crippen LogP) is 5.29. The van der Waals surface area contributed by atoms with E-state index in [-0.39, 0.29) is 11.2 Å². The first-order valence-electron chi connectivity index (χ1n) is 10.00. The van der Waals surface area contributed by atoms with Crippen LogP contribution >= 0.6 is 0 Å². The fraction of sp³-hybridized carbons (Fsp3) is 0.375. The van der Waals surface area contributed by atoms with Crippen LogP contribution in [0.3, 0.4) is 0 Å². The molecule has 0 saturated heterocycles. The molecule has 2 aromatic rings. The third-order valence-electron chi connectivity index (χ3n) is 4.70. The van der Waals surface area contributed by atoms with Gasteiger partial charge in [-0.2, -0.15) is 5.26 Å². The van der Waals surface area contributed by atoms with E-state index in [2.05, 4.69) is 11.8 Å². The first kappa shape index (κ1) is 23.2. The minimum absolute atomic E-state index is 0.187. The van der Waals surface area contributed by atoms with Crippen molar-refractivity contribution in [1.82, 2.24) is 0 Å². The van der Waals surface area contributed by atoms with Gasteiger partial charge in [-0.05, 0) is 25.1 Å². The normalized spacial score (nSPS) is 18.8. The first-order valence-corrected chi connectivity index (χ1v) is 13.5. The van der Waals surface area contributed by atoms with Crippen molar-refractivity contribution in [2.75, 3.05) is 13.2 Å². The molecular formula is C24H28N2O3Si. The molecule has 2 heterocycles. The van der Waals surface area contributed by atoms with Gasteiger partial charge in [0.15, 0.2) is 13.9 Å². The van der Waals surface area contributed by atoms with Crippen molar-refractivity contribution in [2.45, 2.75) is 44.8 Å². The molecule has 0 saturated carbocycles. The van der Waals surface area contributed by atoms with Gasteiger partial charge in [-0.15, -0.1) is 0 Å². The molecular weight excluding hydrogens is 392 g/mol. The molecule has 5 nitrogen and oxygen atoms in total. The van der Waals surface area contributed by atoms with Crippen LogP contribution in [0, 0.1) is 22.3 Å². The number of Topliss-reactive ketones (excluding diaryl/α,β-unsaturated/α-hetero) is 1. The lowest BCUT2D eigenvalue weighted by molar-refractivity contribution is 0.0933. The van der Waals surface area contributed by atoms with Crippen LogP contribution in [0.2, 0.25) is 19.6 Å². The lowest BCUT2D eigenvalue weighted by atomic mass is 9.79. The van der Waals surface area contributed by atoms with Crippen molar-refractivity contribution < 1.29 is 14.3 Å². The van der Waals surface area contributed by atoms with Gasteiger partial charge < -0.3 is 9.47 Å². The average Bonchev–Trinajstić information content (AvgIpc) is 2.75. The van der Waals surface area contributed by atoms with Gasteiger partial charge in [-0.1, -0.05) is 50.0 Å². The topological polar surface area (TPSA) is 83.1 Å². The number of carbonyl (C=O) groups excluding carboxylic acids is 1. The fourth-order valence-corrected chi connectivity index (χ4v) is 2.88. The average molecular weight is 421 g/mol. The van der Waals surface area contributed by atoms with E-state index in [1.165, 1.54) is 0 Å². The molecule has 4 rings (SSSR count). The van der Waals surface area contributed by atoms with Crippen LogP contribution in [0.25, 0.3) is 0 Å². The van der Waals surface area contributed by atoms with Crippen molar-refractivity contribution in [3.63, 3.8) is 0 Å². The molecule has 0 N–H and O–H groups in total. The summed E-state index contributed by atoms with van der Waals surface area (Å²) in [4.78, 5) is 11.2. The minimum Gasteiger partial charge on any atom is -0.493 e. The highest BCUT2D eigenvalue weighted by Gasteiger charge is 2.32. The Labute approximate surface area is 179 Å². The Morgan fingerprint density at radius 1 is 0.933 bits per heavy atom. The number of ketones is 1. The first-order chi connectivity index (χ1) is 14.2. The second-order valence-corrected chi connectivity index (χ2v) is 13.1. The molecule has 2 aliphatic heterocycles. The smallest absolute Gasteiger partial charge is 0.169 e. The molecule has 0 radical (unpaired) electrons. The van der Waals surface area contributed by atoms with Crippen LogP contribution in [0.15, 0.2) is 48.5 Å². The van der Waals surface area contributed by atoms with Gasteiger partial charge in [0.2, 0.25) is 0 Å². The highest BCUT2D eigenvalue weighted by molar-refractivity contribution is 6.83. The predicted molar refractivity (Wildman–Crippen MR) is 119 cm³/mol. The van der Waals surface area contributed by atoms with E-state index in [0.29, 0.717) is 19.6 Å².